The summed E-state index contributed by atoms with van der Waals surface area (Å²) in [4.78, 5) is 12.0. The van der Waals surface area contributed by atoms with E-state index in [4.69, 9.17) is 4.74 Å². The highest BCUT2D eigenvalue weighted by Crippen LogP contribution is 2.27. The molecule has 94 valence electrons. The SMILES string of the molecule is C[C@@H]1OC(C(=O)C(C)(C)C)[C@H](O)[C@H](O)[C@H]1O. The van der Waals surface area contributed by atoms with E-state index in [9.17, 15) is 20.1 Å². The van der Waals surface area contributed by atoms with Gasteiger partial charge in [0.25, 0.3) is 0 Å². The Kier molecular flexibility index (Phi) is 3.74. The number of carbonyl (C=O) groups is 1. The van der Waals surface area contributed by atoms with E-state index in [0.29, 0.717) is 0 Å². The van der Waals surface area contributed by atoms with E-state index in [1.54, 1.807) is 27.7 Å². The van der Waals surface area contributed by atoms with Crippen molar-refractivity contribution in [2.75, 3.05) is 0 Å². The van der Waals surface area contributed by atoms with Gasteiger partial charge in [-0.1, -0.05) is 20.8 Å². The van der Waals surface area contributed by atoms with Gasteiger partial charge in [0.1, 0.15) is 24.4 Å². The average molecular weight is 232 g/mol. The average Bonchev–Trinajstić information content (AvgIpc) is 2.18. The van der Waals surface area contributed by atoms with Crippen LogP contribution in [-0.4, -0.2) is 51.6 Å². The summed E-state index contributed by atoms with van der Waals surface area (Å²) in [6, 6.07) is 0. The Morgan fingerprint density at radius 1 is 1.06 bits per heavy atom. The first-order valence-electron chi connectivity index (χ1n) is 5.40. The van der Waals surface area contributed by atoms with Crippen LogP contribution >= 0.6 is 0 Å². The van der Waals surface area contributed by atoms with Crippen LogP contribution in [0.2, 0.25) is 0 Å². The molecule has 0 amide bonds. The van der Waals surface area contributed by atoms with Crippen LogP contribution in [0.25, 0.3) is 0 Å². The Labute approximate surface area is 95.0 Å². The highest BCUT2D eigenvalue weighted by molar-refractivity contribution is 5.88. The van der Waals surface area contributed by atoms with E-state index in [1.165, 1.54) is 0 Å². The summed E-state index contributed by atoms with van der Waals surface area (Å²) < 4.78 is 5.26. The maximum absolute atomic E-state index is 12.0. The summed E-state index contributed by atoms with van der Waals surface area (Å²) in [6.45, 7) is 6.71. The number of aliphatic hydroxyl groups excluding tert-OH is 3. The number of Topliss-reactive ketones (excluding diaryl/α,β-unsaturated/α-hetero) is 1. The van der Waals surface area contributed by atoms with E-state index in [1.807, 2.05) is 0 Å². The van der Waals surface area contributed by atoms with Crippen molar-refractivity contribution in [1.29, 1.82) is 0 Å². The summed E-state index contributed by atoms with van der Waals surface area (Å²) in [5.41, 5.74) is -0.659. The van der Waals surface area contributed by atoms with E-state index >= 15 is 0 Å². The molecule has 1 aliphatic rings. The molecule has 0 aromatic heterocycles. The molecule has 0 saturated carbocycles. The van der Waals surface area contributed by atoms with E-state index in [2.05, 4.69) is 0 Å². The number of ether oxygens (including phenoxy) is 1. The molecule has 1 saturated heterocycles. The van der Waals surface area contributed by atoms with Crippen molar-refractivity contribution in [2.45, 2.75) is 58.2 Å². The molecule has 1 aliphatic heterocycles. The lowest BCUT2D eigenvalue weighted by atomic mass is 9.82. The monoisotopic (exact) mass is 232 g/mol. The molecule has 1 unspecified atom stereocenters. The molecule has 1 rings (SSSR count). The van der Waals surface area contributed by atoms with Crippen molar-refractivity contribution in [1.82, 2.24) is 0 Å². The predicted octanol–water partition coefficient (Wildman–Crippen LogP) is -0.528. The van der Waals surface area contributed by atoms with Gasteiger partial charge in [-0.05, 0) is 6.92 Å². The summed E-state index contributed by atoms with van der Waals surface area (Å²) in [7, 11) is 0. The van der Waals surface area contributed by atoms with Crippen molar-refractivity contribution in [2.24, 2.45) is 5.41 Å². The van der Waals surface area contributed by atoms with Gasteiger partial charge in [0.05, 0.1) is 6.10 Å². The fraction of sp³-hybridized carbons (Fsp3) is 0.909. The standard InChI is InChI=1S/C11H20O5/c1-5-6(12)7(13)8(14)9(16-5)10(15)11(2,3)4/h5-9,12-14H,1-4H3/t5-,6-,7+,8+,9?/m0/s1. The largest absolute Gasteiger partial charge is 0.388 e. The van der Waals surface area contributed by atoms with Gasteiger partial charge in [-0.25, -0.2) is 0 Å². The van der Waals surface area contributed by atoms with Crippen LogP contribution in [0, 0.1) is 5.41 Å². The minimum absolute atomic E-state index is 0.280. The Hall–Kier alpha value is -0.490. The van der Waals surface area contributed by atoms with E-state index < -0.39 is 35.9 Å². The molecular weight excluding hydrogens is 212 g/mol. The molecule has 0 bridgehead atoms. The molecular formula is C11H20O5. The van der Waals surface area contributed by atoms with Crippen molar-refractivity contribution in [3.63, 3.8) is 0 Å². The van der Waals surface area contributed by atoms with Crippen molar-refractivity contribution in [3.8, 4) is 0 Å². The Morgan fingerprint density at radius 3 is 2.00 bits per heavy atom. The maximum Gasteiger partial charge on any atom is 0.169 e. The van der Waals surface area contributed by atoms with Gasteiger partial charge < -0.3 is 20.1 Å². The van der Waals surface area contributed by atoms with Gasteiger partial charge >= 0.3 is 0 Å². The van der Waals surface area contributed by atoms with Crippen LogP contribution in [-0.2, 0) is 9.53 Å². The third kappa shape index (κ3) is 2.43. The second kappa shape index (κ2) is 4.41. The summed E-state index contributed by atoms with van der Waals surface area (Å²) >= 11 is 0. The van der Waals surface area contributed by atoms with E-state index in [0.717, 1.165) is 0 Å². The van der Waals surface area contributed by atoms with Gasteiger partial charge in [-0.3, -0.25) is 4.79 Å². The molecule has 1 heterocycles. The first-order chi connectivity index (χ1) is 7.16. The second-order valence-electron chi connectivity index (χ2n) is 5.35. The highest BCUT2D eigenvalue weighted by Gasteiger charge is 2.47. The van der Waals surface area contributed by atoms with Gasteiger partial charge in [-0.15, -0.1) is 0 Å². The first kappa shape index (κ1) is 13.6. The predicted molar refractivity (Wildman–Crippen MR) is 56.8 cm³/mol. The van der Waals surface area contributed by atoms with Crippen LogP contribution in [0.4, 0.5) is 0 Å². The Morgan fingerprint density at radius 2 is 1.56 bits per heavy atom. The fourth-order valence-corrected chi connectivity index (χ4v) is 1.69. The molecule has 0 radical (unpaired) electrons. The molecule has 3 N–H and O–H groups in total. The first-order valence-corrected chi connectivity index (χ1v) is 5.40. The highest BCUT2D eigenvalue weighted by atomic mass is 16.5. The molecule has 1 fully saturated rings. The number of carbonyl (C=O) groups excluding carboxylic acids is 1. The van der Waals surface area contributed by atoms with Crippen molar-refractivity contribution in [3.05, 3.63) is 0 Å². The van der Waals surface area contributed by atoms with Gasteiger partial charge in [0.15, 0.2) is 5.78 Å². The molecule has 0 spiro atoms. The molecule has 0 aliphatic carbocycles. The lowest BCUT2D eigenvalue weighted by Gasteiger charge is -2.40. The maximum atomic E-state index is 12.0. The number of hydrogen-bond donors (Lipinski definition) is 3. The van der Waals surface area contributed by atoms with Crippen molar-refractivity contribution < 1.29 is 24.9 Å². The zero-order valence-corrected chi connectivity index (χ0v) is 10.0. The Balaban J connectivity index is 2.86. The number of ketones is 1. The molecule has 0 aromatic carbocycles. The third-order valence-corrected chi connectivity index (χ3v) is 2.85. The lowest BCUT2D eigenvalue weighted by molar-refractivity contribution is -0.218. The Bertz CT molecular complexity index is 270. The zero-order valence-electron chi connectivity index (χ0n) is 10.0. The number of hydrogen-bond acceptors (Lipinski definition) is 5. The van der Waals surface area contributed by atoms with Gasteiger partial charge in [-0.2, -0.15) is 0 Å². The van der Waals surface area contributed by atoms with Crippen LogP contribution in [0.1, 0.15) is 27.7 Å². The summed E-state index contributed by atoms with van der Waals surface area (Å²) in [5, 5.41) is 28.7. The zero-order chi connectivity index (χ0) is 12.7. The summed E-state index contributed by atoms with van der Waals surface area (Å²) in [5.74, 6) is -0.280. The quantitative estimate of drug-likeness (QED) is 0.566. The van der Waals surface area contributed by atoms with E-state index in [-0.39, 0.29) is 5.78 Å². The molecule has 0 aromatic rings. The minimum Gasteiger partial charge on any atom is -0.388 e. The number of aliphatic hydroxyl groups is 3. The van der Waals surface area contributed by atoms with Gasteiger partial charge in [0.2, 0.25) is 0 Å². The van der Waals surface area contributed by atoms with Crippen LogP contribution < -0.4 is 0 Å². The lowest BCUT2D eigenvalue weighted by Crippen LogP contribution is -2.60. The van der Waals surface area contributed by atoms with Crippen LogP contribution in [0.3, 0.4) is 0 Å². The van der Waals surface area contributed by atoms with Crippen LogP contribution in [0.15, 0.2) is 0 Å². The number of rotatable bonds is 1. The third-order valence-electron chi connectivity index (χ3n) is 2.85. The minimum atomic E-state index is -1.38. The molecule has 5 nitrogen and oxygen atoms in total. The normalized spacial score (nSPS) is 40.8. The van der Waals surface area contributed by atoms with Crippen LogP contribution in [0.5, 0.6) is 0 Å². The molecule has 16 heavy (non-hydrogen) atoms. The topological polar surface area (TPSA) is 87.0 Å². The second-order valence-corrected chi connectivity index (χ2v) is 5.35. The summed E-state index contributed by atoms with van der Waals surface area (Å²) in [6.07, 6.45) is -5.64. The van der Waals surface area contributed by atoms with Gasteiger partial charge in [0, 0.05) is 5.41 Å². The fourth-order valence-electron chi connectivity index (χ4n) is 1.69. The molecule has 5 heteroatoms. The van der Waals surface area contributed by atoms with Crippen molar-refractivity contribution >= 4 is 5.78 Å². The molecule has 5 atom stereocenters. The smallest absolute Gasteiger partial charge is 0.169 e.